The second kappa shape index (κ2) is 7.74. The van der Waals surface area contributed by atoms with E-state index >= 15 is 0 Å². The maximum Gasteiger partial charge on any atom is 0.189 e. The van der Waals surface area contributed by atoms with E-state index in [1.807, 2.05) is 0 Å². The van der Waals surface area contributed by atoms with Crippen LogP contribution in [0, 0.1) is 0 Å². The van der Waals surface area contributed by atoms with Gasteiger partial charge in [-0.25, -0.2) is 4.99 Å². The van der Waals surface area contributed by atoms with Crippen molar-refractivity contribution in [3.8, 4) is 0 Å². The topological polar surface area (TPSA) is 81.1 Å². The summed E-state index contributed by atoms with van der Waals surface area (Å²) in [5.41, 5.74) is 5.86. The summed E-state index contributed by atoms with van der Waals surface area (Å²) in [4.78, 5) is 5.67. The molecule has 6 nitrogen and oxygen atoms in total. The van der Waals surface area contributed by atoms with Crippen molar-refractivity contribution in [2.45, 2.75) is 32.4 Å². The van der Waals surface area contributed by atoms with Crippen molar-refractivity contribution in [2.75, 3.05) is 6.54 Å². The standard InChI is InChI=1S/C13H18N6S.HI/c14-13(15-6-5-10-3-2-8-20-10)16-9-12-18-17-11-4-1-7-19(11)12;/h2-3,8H,1,4-7,9H2,(H3,14,15,16);1H. The van der Waals surface area contributed by atoms with E-state index in [1.54, 1.807) is 11.3 Å². The molecule has 0 bridgehead atoms. The quantitative estimate of drug-likeness (QED) is 0.439. The fourth-order valence-electron chi connectivity index (χ4n) is 2.31. The first-order chi connectivity index (χ1) is 9.83. The van der Waals surface area contributed by atoms with Crippen LogP contribution < -0.4 is 11.1 Å². The fraction of sp³-hybridized carbons (Fsp3) is 0.462. The molecule has 8 heteroatoms. The van der Waals surface area contributed by atoms with Gasteiger partial charge in [0.1, 0.15) is 12.4 Å². The second-order valence-electron chi connectivity index (χ2n) is 4.75. The van der Waals surface area contributed by atoms with Gasteiger partial charge in [-0.2, -0.15) is 0 Å². The maximum absolute atomic E-state index is 5.86. The molecule has 0 amide bonds. The number of nitrogens with two attached hydrogens (primary N) is 1. The molecule has 1 aliphatic rings. The van der Waals surface area contributed by atoms with Gasteiger partial charge in [-0.05, 0) is 24.3 Å². The van der Waals surface area contributed by atoms with E-state index in [-0.39, 0.29) is 24.0 Å². The van der Waals surface area contributed by atoms with Gasteiger partial charge in [0.2, 0.25) is 0 Å². The highest BCUT2D eigenvalue weighted by molar-refractivity contribution is 14.0. The summed E-state index contributed by atoms with van der Waals surface area (Å²) >= 11 is 1.76. The first kappa shape index (κ1) is 16.2. The van der Waals surface area contributed by atoms with Crippen molar-refractivity contribution in [1.82, 2.24) is 20.1 Å². The molecule has 0 fully saturated rings. The normalized spacial score (nSPS) is 13.8. The van der Waals surface area contributed by atoms with Crippen molar-refractivity contribution >= 4 is 41.3 Å². The number of guanidine groups is 1. The zero-order chi connectivity index (χ0) is 13.8. The third kappa shape index (κ3) is 4.16. The molecule has 0 spiro atoms. The number of aryl methyl sites for hydroxylation is 1. The van der Waals surface area contributed by atoms with Crippen LogP contribution in [-0.4, -0.2) is 27.3 Å². The van der Waals surface area contributed by atoms with E-state index in [1.165, 1.54) is 4.88 Å². The minimum absolute atomic E-state index is 0. The average molecular weight is 418 g/mol. The van der Waals surface area contributed by atoms with Gasteiger partial charge in [0, 0.05) is 24.4 Å². The summed E-state index contributed by atoms with van der Waals surface area (Å²) in [5.74, 6) is 2.44. The van der Waals surface area contributed by atoms with Crippen LogP contribution in [0.25, 0.3) is 0 Å². The molecule has 3 rings (SSSR count). The Bertz CT molecular complexity index is 592. The number of nitrogens with zero attached hydrogens (tertiary/aromatic N) is 4. The zero-order valence-electron chi connectivity index (χ0n) is 11.7. The molecule has 0 saturated carbocycles. The Balaban J connectivity index is 0.00000161. The predicted molar refractivity (Wildman–Crippen MR) is 95.1 cm³/mol. The maximum atomic E-state index is 5.86. The highest BCUT2D eigenvalue weighted by atomic mass is 127. The molecule has 2 aromatic heterocycles. The van der Waals surface area contributed by atoms with Crippen LogP contribution in [-0.2, 0) is 25.9 Å². The molecule has 0 atom stereocenters. The number of fused-ring (bicyclic) bond motifs is 1. The van der Waals surface area contributed by atoms with Crippen molar-refractivity contribution in [3.05, 3.63) is 34.0 Å². The molecular formula is C13H19IN6S. The van der Waals surface area contributed by atoms with Gasteiger partial charge in [-0.15, -0.1) is 45.5 Å². The van der Waals surface area contributed by atoms with E-state index < -0.39 is 0 Å². The first-order valence-corrected chi connectivity index (χ1v) is 7.68. The fourth-order valence-corrected chi connectivity index (χ4v) is 3.02. The molecule has 2 aromatic rings. The Morgan fingerprint density at radius 1 is 1.48 bits per heavy atom. The van der Waals surface area contributed by atoms with Gasteiger partial charge < -0.3 is 15.6 Å². The molecule has 0 aromatic carbocycles. The average Bonchev–Trinajstić information content (AvgIpc) is 3.14. The monoisotopic (exact) mass is 418 g/mol. The van der Waals surface area contributed by atoms with Gasteiger partial charge in [-0.1, -0.05) is 6.07 Å². The second-order valence-corrected chi connectivity index (χ2v) is 5.78. The van der Waals surface area contributed by atoms with Gasteiger partial charge in [-0.3, -0.25) is 0 Å². The van der Waals surface area contributed by atoms with Crippen molar-refractivity contribution in [1.29, 1.82) is 0 Å². The van der Waals surface area contributed by atoms with Crippen LogP contribution in [0.15, 0.2) is 22.5 Å². The van der Waals surface area contributed by atoms with Crippen LogP contribution in [0.3, 0.4) is 0 Å². The molecule has 21 heavy (non-hydrogen) atoms. The summed E-state index contributed by atoms with van der Waals surface area (Å²) in [6, 6.07) is 4.18. The lowest BCUT2D eigenvalue weighted by atomic mass is 10.3. The van der Waals surface area contributed by atoms with E-state index in [0.29, 0.717) is 12.5 Å². The Morgan fingerprint density at radius 3 is 3.19 bits per heavy atom. The van der Waals surface area contributed by atoms with Crippen molar-refractivity contribution in [3.63, 3.8) is 0 Å². The highest BCUT2D eigenvalue weighted by Crippen LogP contribution is 2.14. The Hall–Kier alpha value is -1.16. The summed E-state index contributed by atoms with van der Waals surface area (Å²) in [6.07, 6.45) is 3.13. The van der Waals surface area contributed by atoms with Crippen molar-refractivity contribution < 1.29 is 0 Å². The smallest absolute Gasteiger partial charge is 0.189 e. The summed E-state index contributed by atoms with van der Waals surface area (Å²) in [5, 5.41) is 13.5. The lowest BCUT2D eigenvalue weighted by Gasteiger charge is -2.05. The summed E-state index contributed by atoms with van der Waals surface area (Å²) in [6.45, 7) is 2.29. The molecule has 1 aliphatic heterocycles. The van der Waals surface area contributed by atoms with Crippen LogP contribution in [0.1, 0.15) is 22.9 Å². The van der Waals surface area contributed by atoms with Crippen LogP contribution in [0.5, 0.6) is 0 Å². The number of rotatable bonds is 5. The molecule has 0 radical (unpaired) electrons. The highest BCUT2D eigenvalue weighted by Gasteiger charge is 2.16. The van der Waals surface area contributed by atoms with Gasteiger partial charge in [0.15, 0.2) is 11.8 Å². The summed E-state index contributed by atoms with van der Waals surface area (Å²) < 4.78 is 2.14. The number of nitrogens with one attached hydrogen (secondary N) is 1. The van der Waals surface area contributed by atoms with Crippen molar-refractivity contribution in [2.24, 2.45) is 10.7 Å². The first-order valence-electron chi connectivity index (χ1n) is 6.80. The van der Waals surface area contributed by atoms with Gasteiger partial charge in [0.05, 0.1) is 0 Å². The van der Waals surface area contributed by atoms with Gasteiger partial charge in [0.25, 0.3) is 0 Å². The Kier molecular flexibility index (Phi) is 5.97. The predicted octanol–water partition coefficient (Wildman–Crippen LogP) is 1.55. The molecule has 0 aliphatic carbocycles. The largest absolute Gasteiger partial charge is 0.370 e. The molecule has 0 saturated heterocycles. The van der Waals surface area contributed by atoms with Gasteiger partial charge >= 0.3 is 0 Å². The number of halogens is 1. The van der Waals surface area contributed by atoms with E-state index in [4.69, 9.17) is 5.73 Å². The third-order valence-corrected chi connectivity index (χ3v) is 4.27. The zero-order valence-corrected chi connectivity index (χ0v) is 14.8. The lowest BCUT2D eigenvalue weighted by Crippen LogP contribution is -2.33. The minimum Gasteiger partial charge on any atom is -0.370 e. The molecular weight excluding hydrogens is 399 g/mol. The summed E-state index contributed by atoms with van der Waals surface area (Å²) in [7, 11) is 0. The molecule has 0 unspecified atom stereocenters. The SMILES string of the molecule is I.NC(=NCc1nnc2n1CCC2)NCCc1cccs1. The Labute approximate surface area is 144 Å². The van der Waals surface area contributed by atoms with Crippen LogP contribution >= 0.6 is 35.3 Å². The number of thiophene rings is 1. The van der Waals surface area contributed by atoms with Crippen LogP contribution in [0.4, 0.5) is 0 Å². The van der Waals surface area contributed by atoms with Crippen LogP contribution in [0.2, 0.25) is 0 Å². The number of aromatic nitrogens is 3. The number of aliphatic imine (C=N–C) groups is 1. The molecule has 114 valence electrons. The van der Waals surface area contributed by atoms with E-state index in [2.05, 4.69) is 42.6 Å². The molecule has 3 heterocycles. The van der Waals surface area contributed by atoms with E-state index in [0.717, 1.165) is 44.0 Å². The minimum atomic E-state index is 0. The third-order valence-electron chi connectivity index (χ3n) is 3.33. The number of hydrogen-bond donors (Lipinski definition) is 2. The Morgan fingerprint density at radius 2 is 2.38 bits per heavy atom. The lowest BCUT2D eigenvalue weighted by molar-refractivity contribution is 0.686. The number of hydrogen-bond acceptors (Lipinski definition) is 4. The van der Waals surface area contributed by atoms with E-state index in [9.17, 15) is 0 Å². The molecule has 3 N–H and O–H groups in total.